The summed E-state index contributed by atoms with van der Waals surface area (Å²) >= 11 is 3.72. The van der Waals surface area contributed by atoms with Gasteiger partial charge in [0.1, 0.15) is 0 Å². The lowest BCUT2D eigenvalue weighted by atomic mass is 10.1. The molecular formula is C16H25BrN2O. The van der Waals surface area contributed by atoms with Crippen molar-refractivity contribution < 1.29 is 4.74 Å². The summed E-state index contributed by atoms with van der Waals surface area (Å²) in [5, 5.41) is 3.46. The molecule has 20 heavy (non-hydrogen) atoms. The molecule has 4 heteroatoms. The molecule has 1 N–H and O–H groups in total. The first-order chi connectivity index (χ1) is 9.65. The number of methoxy groups -OCH3 is 1. The smallest absolute Gasteiger partial charge is 0.0508 e. The van der Waals surface area contributed by atoms with Gasteiger partial charge in [0.25, 0.3) is 0 Å². The first kappa shape index (κ1) is 15.8. The molecule has 112 valence electrons. The maximum absolute atomic E-state index is 5.27. The Morgan fingerprint density at radius 2 is 2.30 bits per heavy atom. The van der Waals surface area contributed by atoms with E-state index in [9.17, 15) is 0 Å². The predicted octanol–water partition coefficient (Wildman–Crippen LogP) is 3.59. The van der Waals surface area contributed by atoms with Gasteiger partial charge >= 0.3 is 0 Å². The lowest BCUT2D eigenvalue weighted by Gasteiger charge is -2.21. The Labute approximate surface area is 130 Å². The monoisotopic (exact) mass is 340 g/mol. The van der Waals surface area contributed by atoms with E-state index >= 15 is 0 Å². The minimum atomic E-state index is 0.378. The third kappa shape index (κ3) is 3.74. The molecule has 1 heterocycles. The van der Waals surface area contributed by atoms with Crippen LogP contribution in [0.15, 0.2) is 22.7 Å². The van der Waals surface area contributed by atoms with Crippen molar-refractivity contribution in [2.45, 2.75) is 26.3 Å². The van der Waals surface area contributed by atoms with E-state index in [0.29, 0.717) is 12.0 Å². The molecule has 1 aliphatic rings. The highest BCUT2D eigenvalue weighted by Gasteiger charge is 2.23. The number of nitrogens with one attached hydrogen (secondary N) is 1. The highest BCUT2D eigenvalue weighted by molar-refractivity contribution is 9.10. The van der Waals surface area contributed by atoms with Crippen LogP contribution in [0.1, 0.15) is 31.9 Å². The summed E-state index contributed by atoms with van der Waals surface area (Å²) in [4.78, 5) is 2.45. The van der Waals surface area contributed by atoms with E-state index in [0.717, 1.165) is 26.2 Å². The normalized spacial score (nSPS) is 20.4. The van der Waals surface area contributed by atoms with Gasteiger partial charge in [-0.1, -0.05) is 28.9 Å². The average molecular weight is 341 g/mol. The molecule has 0 aliphatic carbocycles. The van der Waals surface area contributed by atoms with Crippen molar-refractivity contribution in [1.82, 2.24) is 5.32 Å². The Bertz CT molecular complexity index is 438. The number of halogens is 1. The molecule has 2 unspecified atom stereocenters. The zero-order valence-electron chi connectivity index (χ0n) is 12.7. The summed E-state index contributed by atoms with van der Waals surface area (Å²) in [6, 6.07) is 7.10. The van der Waals surface area contributed by atoms with Gasteiger partial charge in [0, 0.05) is 42.3 Å². The fourth-order valence-electron chi connectivity index (χ4n) is 2.92. The third-order valence-corrected chi connectivity index (χ3v) is 4.70. The molecule has 1 aromatic rings. The van der Waals surface area contributed by atoms with Crippen molar-refractivity contribution >= 4 is 21.6 Å². The Morgan fingerprint density at radius 3 is 2.95 bits per heavy atom. The summed E-state index contributed by atoms with van der Waals surface area (Å²) in [6.45, 7) is 8.42. The molecule has 1 fully saturated rings. The molecule has 0 saturated carbocycles. The van der Waals surface area contributed by atoms with Crippen molar-refractivity contribution in [2.24, 2.45) is 5.92 Å². The van der Waals surface area contributed by atoms with Crippen molar-refractivity contribution in [3.8, 4) is 0 Å². The third-order valence-electron chi connectivity index (χ3n) is 4.01. The van der Waals surface area contributed by atoms with Crippen LogP contribution in [0.2, 0.25) is 0 Å². The number of nitrogens with zero attached hydrogens (tertiary/aromatic N) is 1. The standard InChI is InChI=1S/C16H25BrN2O/c1-4-18-12(2)15-6-5-14(9-16(15)17)19-8-7-13(10-19)11-20-3/h5-6,9,12-13,18H,4,7-8,10-11H2,1-3H3. The first-order valence-corrected chi connectivity index (χ1v) is 8.21. The molecule has 0 bridgehead atoms. The number of anilines is 1. The van der Waals surface area contributed by atoms with E-state index in [2.05, 4.69) is 58.2 Å². The Balaban J connectivity index is 2.06. The van der Waals surface area contributed by atoms with Crippen LogP contribution in [0.25, 0.3) is 0 Å². The lowest BCUT2D eigenvalue weighted by molar-refractivity contribution is 0.161. The first-order valence-electron chi connectivity index (χ1n) is 7.42. The van der Waals surface area contributed by atoms with Crippen LogP contribution in [-0.2, 0) is 4.74 Å². The Morgan fingerprint density at radius 1 is 1.50 bits per heavy atom. The van der Waals surface area contributed by atoms with E-state index in [4.69, 9.17) is 4.74 Å². The van der Waals surface area contributed by atoms with E-state index in [-0.39, 0.29) is 0 Å². The van der Waals surface area contributed by atoms with Gasteiger partial charge in [0.15, 0.2) is 0 Å². The second-order valence-corrected chi connectivity index (χ2v) is 6.40. The Kier molecular flexibility index (Phi) is 5.87. The molecular weight excluding hydrogens is 316 g/mol. The van der Waals surface area contributed by atoms with Crippen LogP contribution in [0, 0.1) is 5.92 Å². The van der Waals surface area contributed by atoms with Gasteiger partial charge in [-0.25, -0.2) is 0 Å². The maximum Gasteiger partial charge on any atom is 0.0508 e. The zero-order chi connectivity index (χ0) is 14.5. The van der Waals surface area contributed by atoms with Crippen LogP contribution in [0.5, 0.6) is 0 Å². The van der Waals surface area contributed by atoms with Crippen LogP contribution < -0.4 is 10.2 Å². The minimum Gasteiger partial charge on any atom is -0.384 e. The van der Waals surface area contributed by atoms with E-state index < -0.39 is 0 Å². The van der Waals surface area contributed by atoms with Gasteiger partial charge in [-0.05, 0) is 37.6 Å². The molecule has 0 spiro atoms. The molecule has 3 nitrogen and oxygen atoms in total. The highest BCUT2D eigenvalue weighted by atomic mass is 79.9. The van der Waals surface area contributed by atoms with Gasteiger partial charge < -0.3 is 15.0 Å². The molecule has 0 amide bonds. The number of hydrogen-bond acceptors (Lipinski definition) is 3. The average Bonchev–Trinajstić information content (AvgIpc) is 2.88. The minimum absolute atomic E-state index is 0.378. The van der Waals surface area contributed by atoms with Crippen molar-refractivity contribution in [1.29, 1.82) is 0 Å². The zero-order valence-corrected chi connectivity index (χ0v) is 14.2. The van der Waals surface area contributed by atoms with Crippen molar-refractivity contribution in [3.63, 3.8) is 0 Å². The molecule has 1 aliphatic heterocycles. The van der Waals surface area contributed by atoms with Crippen LogP contribution in [0.4, 0.5) is 5.69 Å². The number of benzene rings is 1. The topological polar surface area (TPSA) is 24.5 Å². The molecule has 2 rings (SSSR count). The number of ether oxygens (including phenoxy) is 1. The summed E-state index contributed by atoms with van der Waals surface area (Å²) < 4.78 is 6.46. The highest BCUT2D eigenvalue weighted by Crippen LogP contribution is 2.31. The fourth-order valence-corrected chi connectivity index (χ4v) is 3.63. The largest absolute Gasteiger partial charge is 0.384 e. The van der Waals surface area contributed by atoms with E-state index in [1.54, 1.807) is 7.11 Å². The van der Waals surface area contributed by atoms with Crippen LogP contribution >= 0.6 is 15.9 Å². The summed E-state index contributed by atoms with van der Waals surface area (Å²) in [5.41, 5.74) is 2.63. The van der Waals surface area contributed by atoms with Gasteiger partial charge in [0.05, 0.1) is 6.61 Å². The summed E-state index contributed by atoms with van der Waals surface area (Å²) in [7, 11) is 1.79. The fraction of sp³-hybridized carbons (Fsp3) is 0.625. The number of rotatable bonds is 6. The predicted molar refractivity (Wildman–Crippen MR) is 88.4 cm³/mol. The van der Waals surface area contributed by atoms with Crippen LogP contribution in [0.3, 0.4) is 0 Å². The lowest BCUT2D eigenvalue weighted by Crippen LogP contribution is -2.21. The van der Waals surface area contributed by atoms with E-state index in [1.807, 2.05) is 0 Å². The molecule has 2 atom stereocenters. The van der Waals surface area contributed by atoms with Crippen molar-refractivity contribution in [2.75, 3.05) is 38.3 Å². The second kappa shape index (κ2) is 7.43. The van der Waals surface area contributed by atoms with Gasteiger partial charge in [-0.3, -0.25) is 0 Å². The second-order valence-electron chi connectivity index (χ2n) is 5.54. The van der Waals surface area contributed by atoms with Gasteiger partial charge in [-0.15, -0.1) is 0 Å². The van der Waals surface area contributed by atoms with Gasteiger partial charge in [-0.2, -0.15) is 0 Å². The van der Waals surface area contributed by atoms with Gasteiger partial charge in [0.2, 0.25) is 0 Å². The SMILES string of the molecule is CCNC(C)c1ccc(N2CCC(COC)C2)cc1Br. The number of hydrogen-bond donors (Lipinski definition) is 1. The maximum atomic E-state index is 5.27. The quantitative estimate of drug-likeness (QED) is 0.856. The van der Waals surface area contributed by atoms with Crippen LogP contribution in [-0.4, -0.2) is 33.4 Å². The summed E-state index contributed by atoms with van der Waals surface area (Å²) in [6.07, 6.45) is 1.22. The molecule has 0 radical (unpaired) electrons. The van der Waals surface area contributed by atoms with E-state index in [1.165, 1.54) is 22.1 Å². The Hall–Kier alpha value is -0.580. The molecule has 1 saturated heterocycles. The van der Waals surface area contributed by atoms with Crippen molar-refractivity contribution in [3.05, 3.63) is 28.2 Å². The molecule has 0 aromatic heterocycles. The molecule has 1 aromatic carbocycles. The summed E-state index contributed by atoms with van der Waals surface area (Å²) in [5.74, 6) is 0.666.